The number of amides is 1. The van der Waals surface area contributed by atoms with Crippen LogP contribution in [0.1, 0.15) is 22.3 Å². The fourth-order valence-electron chi connectivity index (χ4n) is 4.04. The molecule has 2 fully saturated rings. The SMILES string of the molecule is N#Cc1cc(N2CCOCC2)ccc1NC(=O)c1cnn2ccc(N[C@@H]3CCNC3)nc12. The van der Waals surface area contributed by atoms with Crippen LogP contribution in [0.4, 0.5) is 17.2 Å². The number of carbonyl (C=O) groups is 1. The molecule has 4 heterocycles. The summed E-state index contributed by atoms with van der Waals surface area (Å²) < 4.78 is 6.96. The lowest BCUT2D eigenvalue weighted by molar-refractivity contribution is 0.102. The van der Waals surface area contributed by atoms with Crippen molar-refractivity contribution in [2.24, 2.45) is 0 Å². The van der Waals surface area contributed by atoms with Crippen molar-refractivity contribution in [3.63, 3.8) is 0 Å². The smallest absolute Gasteiger partial charge is 0.261 e. The van der Waals surface area contributed by atoms with Gasteiger partial charge in [-0.1, -0.05) is 0 Å². The van der Waals surface area contributed by atoms with Crippen LogP contribution in [0.3, 0.4) is 0 Å². The number of nitrogens with zero attached hydrogens (tertiary/aromatic N) is 5. The zero-order chi connectivity index (χ0) is 21.9. The number of aromatic nitrogens is 3. The van der Waals surface area contributed by atoms with Crippen molar-refractivity contribution in [1.82, 2.24) is 19.9 Å². The number of nitriles is 1. The van der Waals surface area contributed by atoms with Gasteiger partial charge in [0.15, 0.2) is 5.65 Å². The van der Waals surface area contributed by atoms with E-state index in [1.165, 1.54) is 6.20 Å². The third-order valence-electron chi connectivity index (χ3n) is 5.77. The Morgan fingerprint density at radius 3 is 2.94 bits per heavy atom. The number of morpholine rings is 1. The Labute approximate surface area is 185 Å². The second kappa shape index (κ2) is 8.82. The van der Waals surface area contributed by atoms with E-state index in [0.717, 1.165) is 38.3 Å². The number of benzene rings is 1. The number of carbonyl (C=O) groups excluding carboxylic acids is 1. The minimum absolute atomic E-state index is 0.313. The molecule has 0 unspecified atom stereocenters. The Bertz CT molecular complexity index is 1170. The Hall–Kier alpha value is -3.68. The predicted octanol–water partition coefficient (Wildman–Crippen LogP) is 1.46. The van der Waals surface area contributed by atoms with Crippen LogP contribution in [-0.4, -0.2) is 65.9 Å². The van der Waals surface area contributed by atoms with Crippen molar-refractivity contribution in [2.75, 3.05) is 54.9 Å². The highest BCUT2D eigenvalue weighted by Gasteiger charge is 2.19. The lowest BCUT2D eigenvalue weighted by Gasteiger charge is -2.29. The molecule has 0 bridgehead atoms. The second-order valence-electron chi connectivity index (χ2n) is 7.87. The van der Waals surface area contributed by atoms with Crippen LogP contribution in [0.2, 0.25) is 0 Å². The van der Waals surface area contributed by atoms with E-state index in [1.54, 1.807) is 22.8 Å². The van der Waals surface area contributed by atoms with E-state index < -0.39 is 0 Å². The average Bonchev–Trinajstić information content (AvgIpc) is 3.49. The molecule has 32 heavy (non-hydrogen) atoms. The first-order valence-electron chi connectivity index (χ1n) is 10.7. The molecule has 2 aliphatic rings. The zero-order valence-electron chi connectivity index (χ0n) is 17.5. The molecule has 1 amide bonds. The summed E-state index contributed by atoms with van der Waals surface area (Å²) in [5.41, 5.74) is 2.61. The Morgan fingerprint density at radius 1 is 1.28 bits per heavy atom. The lowest BCUT2D eigenvalue weighted by atomic mass is 10.1. The molecule has 1 atom stereocenters. The van der Waals surface area contributed by atoms with Crippen LogP contribution in [0.5, 0.6) is 0 Å². The van der Waals surface area contributed by atoms with Crippen LogP contribution in [-0.2, 0) is 4.74 Å². The summed E-state index contributed by atoms with van der Waals surface area (Å²) in [4.78, 5) is 19.8. The maximum atomic E-state index is 13.0. The number of ether oxygens (including phenoxy) is 1. The number of rotatable bonds is 5. The molecule has 3 aromatic rings. The summed E-state index contributed by atoms with van der Waals surface area (Å²) in [5, 5.41) is 23.4. The maximum Gasteiger partial charge on any atom is 0.261 e. The van der Waals surface area contributed by atoms with Gasteiger partial charge in [-0.15, -0.1) is 0 Å². The van der Waals surface area contributed by atoms with E-state index in [-0.39, 0.29) is 5.91 Å². The molecule has 1 aromatic carbocycles. The topological polar surface area (TPSA) is 120 Å². The fraction of sp³-hybridized carbons (Fsp3) is 0.364. The monoisotopic (exact) mass is 432 g/mol. The van der Waals surface area contributed by atoms with Crippen LogP contribution < -0.4 is 20.9 Å². The molecule has 0 radical (unpaired) electrons. The van der Waals surface area contributed by atoms with Gasteiger partial charge in [0.2, 0.25) is 0 Å². The summed E-state index contributed by atoms with van der Waals surface area (Å²) in [7, 11) is 0. The molecule has 2 aromatic heterocycles. The fourth-order valence-corrected chi connectivity index (χ4v) is 4.04. The van der Waals surface area contributed by atoms with Gasteiger partial charge >= 0.3 is 0 Å². The highest BCUT2D eigenvalue weighted by Crippen LogP contribution is 2.25. The largest absolute Gasteiger partial charge is 0.378 e. The van der Waals surface area contributed by atoms with Gasteiger partial charge < -0.3 is 25.6 Å². The highest BCUT2D eigenvalue weighted by molar-refractivity contribution is 6.08. The van der Waals surface area contributed by atoms with Crippen molar-refractivity contribution in [2.45, 2.75) is 12.5 Å². The second-order valence-corrected chi connectivity index (χ2v) is 7.87. The van der Waals surface area contributed by atoms with Crippen molar-refractivity contribution >= 4 is 28.7 Å². The third kappa shape index (κ3) is 4.08. The normalized spacial score (nSPS) is 18.5. The van der Waals surface area contributed by atoms with Crippen LogP contribution in [0.25, 0.3) is 5.65 Å². The van der Waals surface area contributed by atoms with Crippen LogP contribution >= 0.6 is 0 Å². The average molecular weight is 432 g/mol. The Kier molecular flexibility index (Phi) is 5.58. The zero-order valence-corrected chi connectivity index (χ0v) is 17.5. The Morgan fingerprint density at radius 2 is 2.16 bits per heavy atom. The van der Waals surface area contributed by atoms with Gasteiger partial charge in [-0.3, -0.25) is 4.79 Å². The van der Waals surface area contributed by atoms with Crippen LogP contribution in [0, 0.1) is 11.3 Å². The van der Waals surface area contributed by atoms with Gasteiger partial charge in [-0.05, 0) is 37.2 Å². The molecular weight excluding hydrogens is 408 g/mol. The standard InChI is InChI=1S/C22H24N8O2/c23-12-15-11-17(29-7-9-32-10-8-29)1-2-19(15)27-22(31)18-14-25-30-6-4-20(28-21(18)30)26-16-3-5-24-13-16/h1-2,4,6,11,14,16,24H,3,5,7-10,13H2,(H,26,28)(H,27,31)/t16-/m1/s1. The predicted molar refractivity (Wildman–Crippen MR) is 120 cm³/mol. The first kappa shape index (κ1) is 20.2. The number of fused-ring (bicyclic) bond motifs is 1. The summed E-state index contributed by atoms with van der Waals surface area (Å²) in [6, 6.07) is 9.82. The van der Waals surface area contributed by atoms with Gasteiger partial charge in [0, 0.05) is 37.6 Å². The molecule has 5 rings (SSSR count). The quantitative estimate of drug-likeness (QED) is 0.554. The van der Waals surface area contributed by atoms with Gasteiger partial charge in [-0.2, -0.15) is 10.4 Å². The van der Waals surface area contributed by atoms with Crippen LogP contribution in [0.15, 0.2) is 36.7 Å². The van der Waals surface area contributed by atoms with E-state index in [4.69, 9.17) is 4.74 Å². The van der Waals surface area contributed by atoms with Gasteiger partial charge in [0.25, 0.3) is 5.91 Å². The highest BCUT2D eigenvalue weighted by atomic mass is 16.5. The number of nitrogens with one attached hydrogen (secondary N) is 3. The van der Waals surface area contributed by atoms with Crippen molar-refractivity contribution in [3.8, 4) is 6.07 Å². The molecule has 0 aliphatic carbocycles. The van der Waals surface area contributed by atoms with Crippen molar-refractivity contribution in [3.05, 3.63) is 47.8 Å². The van der Waals surface area contributed by atoms with E-state index in [0.29, 0.717) is 47.5 Å². The summed E-state index contributed by atoms with van der Waals surface area (Å²) in [6.07, 6.45) is 4.30. The maximum absolute atomic E-state index is 13.0. The third-order valence-corrected chi connectivity index (χ3v) is 5.77. The molecule has 0 spiro atoms. The van der Waals surface area contributed by atoms with E-state index in [2.05, 4.69) is 37.0 Å². The van der Waals surface area contributed by atoms with Gasteiger partial charge in [0.1, 0.15) is 17.5 Å². The first-order valence-corrected chi connectivity index (χ1v) is 10.7. The van der Waals surface area contributed by atoms with Gasteiger partial charge in [-0.25, -0.2) is 9.50 Å². The Balaban J connectivity index is 1.36. The minimum atomic E-state index is -0.359. The number of anilines is 3. The molecular formula is C22H24N8O2. The number of hydrogen-bond acceptors (Lipinski definition) is 8. The summed E-state index contributed by atoms with van der Waals surface area (Å²) in [5.74, 6) is 0.344. The van der Waals surface area contributed by atoms with E-state index in [1.807, 2.05) is 12.1 Å². The minimum Gasteiger partial charge on any atom is -0.378 e. The van der Waals surface area contributed by atoms with Crippen molar-refractivity contribution < 1.29 is 9.53 Å². The first-order chi connectivity index (χ1) is 15.7. The lowest BCUT2D eigenvalue weighted by Crippen LogP contribution is -2.36. The number of hydrogen-bond donors (Lipinski definition) is 3. The summed E-state index contributed by atoms with van der Waals surface area (Å²) in [6.45, 7) is 4.74. The molecule has 10 nitrogen and oxygen atoms in total. The van der Waals surface area contributed by atoms with Gasteiger partial charge in [0.05, 0.1) is 30.7 Å². The van der Waals surface area contributed by atoms with Crippen molar-refractivity contribution in [1.29, 1.82) is 5.26 Å². The molecule has 2 saturated heterocycles. The summed E-state index contributed by atoms with van der Waals surface area (Å²) >= 11 is 0. The molecule has 2 aliphatic heterocycles. The molecule has 0 saturated carbocycles. The van der Waals surface area contributed by atoms with E-state index >= 15 is 0 Å². The molecule has 10 heteroatoms. The van der Waals surface area contributed by atoms with E-state index in [9.17, 15) is 10.1 Å². The molecule has 164 valence electrons. The molecule has 3 N–H and O–H groups in total.